The van der Waals surface area contributed by atoms with Crippen molar-refractivity contribution in [3.63, 3.8) is 0 Å². The Bertz CT molecular complexity index is 986. The van der Waals surface area contributed by atoms with E-state index < -0.39 is 65.8 Å². The van der Waals surface area contributed by atoms with Crippen molar-refractivity contribution in [1.82, 2.24) is 9.55 Å². The zero-order valence-corrected chi connectivity index (χ0v) is 17.1. The van der Waals surface area contributed by atoms with Crippen molar-refractivity contribution in [2.45, 2.75) is 31.0 Å². The predicted molar refractivity (Wildman–Crippen MR) is 90.9 cm³/mol. The van der Waals surface area contributed by atoms with Crippen LogP contribution in [0, 0.1) is 0 Å². The van der Waals surface area contributed by atoms with Crippen LogP contribution < -0.4 is 11.2 Å². The van der Waals surface area contributed by atoms with E-state index in [9.17, 15) is 38.4 Å². The maximum Gasteiger partial charge on any atom is 0.488 e. The van der Waals surface area contributed by atoms with Crippen LogP contribution in [0.3, 0.4) is 0 Å². The summed E-state index contributed by atoms with van der Waals surface area (Å²) < 4.78 is 51.2. The summed E-state index contributed by atoms with van der Waals surface area (Å²) in [6, 6.07) is 0.943. The number of nitrogens with zero attached hydrogens (tertiary/aromatic N) is 1. The van der Waals surface area contributed by atoms with Crippen LogP contribution in [0.15, 0.2) is 21.9 Å². The van der Waals surface area contributed by atoms with Gasteiger partial charge in [0.1, 0.15) is 17.8 Å². The van der Waals surface area contributed by atoms with E-state index in [0.29, 0.717) is 0 Å². The van der Waals surface area contributed by atoms with Crippen LogP contribution >= 0.6 is 23.9 Å². The molecule has 16 nitrogen and oxygen atoms in total. The lowest BCUT2D eigenvalue weighted by molar-refractivity contribution is -0.0986. The smallest absolute Gasteiger partial charge is 0.387 e. The monoisotopic (exact) mass is 482 g/mol. The van der Waals surface area contributed by atoms with Crippen LogP contribution in [0.4, 0.5) is 0 Å². The largest absolute Gasteiger partial charge is 0.488 e. The summed E-state index contributed by atoms with van der Waals surface area (Å²) in [6.07, 6.45) is -3.92. The lowest BCUT2D eigenvalue weighted by Gasteiger charge is -2.27. The van der Waals surface area contributed by atoms with Gasteiger partial charge in [0.2, 0.25) is 0 Å². The van der Waals surface area contributed by atoms with Crippen LogP contribution in [0.5, 0.6) is 0 Å². The molecule has 2 heterocycles. The van der Waals surface area contributed by atoms with Crippen molar-refractivity contribution in [3.05, 3.63) is 33.1 Å². The Balaban J connectivity index is 2.13. The van der Waals surface area contributed by atoms with Crippen molar-refractivity contribution in [2.75, 3.05) is 6.61 Å². The minimum absolute atomic E-state index is 0.733. The average Bonchev–Trinajstić information content (AvgIpc) is 2.74. The second kappa shape index (κ2) is 8.63. The van der Waals surface area contributed by atoms with E-state index in [2.05, 4.69) is 13.1 Å². The molecule has 7 atom stereocenters. The molecule has 0 saturated carbocycles. The van der Waals surface area contributed by atoms with Crippen molar-refractivity contribution in [3.8, 4) is 0 Å². The van der Waals surface area contributed by atoms with Crippen molar-refractivity contribution >= 4 is 23.9 Å². The lowest BCUT2D eigenvalue weighted by Crippen LogP contribution is -2.46. The van der Waals surface area contributed by atoms with Gasteiger partial charge in [-0.2, -0.15) is 4.31 Å². The van der Waals surface area contributed by atoms with Gasteiger partial charge in [-0.05, 0) is 6.92 Å². The molecule has 19 heteroatoms. The van der Waals surface area contributed by atoms with Crippen LogP contribution in [-0.2, 0) is 31.6 Å². The van der Waals surface area contributed by atoms with Gasteiger partial charge in [0.15, 0.2) is 6.23 Å². The molecular weight excluding hydrogens is 465 g/mol. The minimum atomic E-state index is -5.43. The molecule has 1 aromatic heterocycles. The second-order valence-electron chi connectivity index (χ2n) is 5.89. The molecule has 0 bridgehead atoms. The van der Waals surface area contributed by atoms with Crippen LogP contribution in [0.25, 0.3) is 0 Å². The number of nitrogens with one attached hydrogen (secondary N) is 1. The number of aromatic nitrogens is 2. The van der Waals surface area contributed by atoms with Gasteiger partial charge in [-0.25, -0.2) is 18.2 Å². The van der Waals surface area contributed by atoms with E-state index in [0.717, 1.165) is 23.8 Å². The Labute approximate surface area is 161 Å². The highest BCUT2D eigenvalue weighted by Gasteiger charge is 2.54. The number of aromatic amines is 1. The number of ether oxygens (including phenoxy) is 1. The Hall–Kier alpha value is -0.990. The van der Waals surface area contributed by atoms with Crippen LogP contribution in [-0.4, -0.2) is 58.9 Å². The third-order valence-electron chi connectivity index (χ3n) is 3.66. The molecule has 6 N–H and O–H groups in total. The molecule has 0 aliphatic carbocycles. The molecule has 1 fully saturated rings. The molecule has 1 aromatic rings. The highest BCUT2D eigenvalue weighted by molar-refractivity contribution is 7.64. The third-order valence-corrected chi connectivity index (χ3v) is 7.33. The Morgan fingerprint density at radius 2 is 1.97 bits per heavy atom. The topological polar surface area (TPSA) is 244 Å². The number of aliphatic hydroxyl groups is 2. The van der Waals surface area contributed by atoms with E-state index in [1.54, 1.807) is 0 Å². The third kappa shape index (κ3) is 6.01. The molecule has 0 aromatic carbocycles. The number of phosphoric acid groups is 2. The molecule has 0 spiro atoms. The zero-order valence-electron chi connectivity index (χ0n) is 14.3. The summed E-state index contributed by atoms with van der Waals surface area (Å²) in [5.41, 5.74) is -3.85. The first kappa shape index (κ1) is 24.3. The lowest BCUT2D eigenvalue weighted by atomic mass is 9.96. The van der Waals surface area contributed by atoms with Gasteiger partial charge in [0.25, 0.3) is 5.56 Å². The molecule has 1 saturated heterocycles. The quantitative estimate of drug-likeness (QED) is 0.224. The number of rotatable bonds is 8. The molecule has 166 valence electrons. The van der Waals surface area contributed by atoms with Crippen molar-refractivity contribution in [1.29, 1.82) is 0 Å². The van der Waals surface area contributed by atoms with E-state index in [1.807, 2.05) is 4.98 Å². The first-order valence-corrected chi connectivity index (χ1v) is 11.7. The fraction of sp³-hybridized carbons (Fsp3) is 0.600. The van der Waals surface area contributed by atoms with Gasteiger partial charge in [0, 0.05) is 12.3 Å². The number of hydrogen-bond donors (Lipinski definition) is 6. The average molecular weight is 482 g/mol. The standard InChI is InChI=1S/C10H17N2O14P3/c1-10(16)7(14)5(24-8(10)12-3-2-6(13)11-9(12)15)4-23-28(19,20)26-29(21,22)25-27(17)18/h2-3,5,7-8,14,16,27H,4H2,1H3,(H,17,18)(H,19,20)(H,21,22)(H,11,13,15)/t5-,7-,8-,10-/m1/s1. The fourth-order valence-corrected chi connectivity index (χ4v) is 5.22. The van der Waals surface area contributed by atoms with Gasteiger partial charge in [-0.3, -0.25) is 23.4 Å². The number of H-pyrrole nitrogens is 1. The molecule has 3 unspecified atom stereocenters. The fourth-order valence-electron chi connectivity index (χ4n) is 2.43. The highest BCUT2D eigenvalue weighted by atomic mass is 31.3. The van der Waals surface area contributed by atoms with Gasteiger partial charge in [0.05, 0.1) is 6.61 Å². The second-order valence-corrected chi connectivity index (χ2v) is 9.93. The van der Waals surface area contributed by atoms with E-state index in [1.165, 1.54) is 0 Å². The molecule has 2 rings (SSSR count). The van der Waals surface area contributed by atoms with Crippen LogP contribution in [0.2, 0.25) is 0 Å². The maximum absolute atomic E-state index is 11.9. The van der Waals surface area contributed by atoms with Gasteiger partial charge in [-0.15, -0.1) is 0 Å². The normalized spacial score (nSPS) is 32.4. The van der Waals surface area contributed by atoms with Crippen molar-refractivity contribution in [2.24, 2.45) is 0 Å². The summed E-state index contributed by atoms with van der Waals surface area (Å²) in [5.74, 6) is 0. The SMILES string of the molecule is C[C@@]1(O)[C@H](O)[C@@H](COP(=O)(O)OP(=O)(O)O[PH](=O)O)O[C@H]1n1ccc(=O)[nH]c1=O. The Morgan fingerprint density at radius 1 is 1.34 bits per heavy atom. The molecule has 1 aliphatic rings. The van der Waals surface area contributed by atoms with Gasteiger partial charge in [-0.1, -0.05) is 0 Å². The minimum Gasteiger partial charge on any atom is -0.387 e. The van der Waals surface area contributed by atoms with E-state index in [-0.39, 0.29) is 0 Å². The number of hydrogen-bond acceptors (Lipinski definition) is 11. The van der Waals surface area contributed by atoms with Crippen LogP contribution in [0.1, 0.15) is 13.2 Å². The maximum atomic E-state index is 11.9. The first-order valence-electron chi connectivity index (χ1n) is 7.46. The molecule has 29 heavy (non-hydrogen) atoms. The van der Waals surface area contributed by atoms with Gasteiger partial charge >= 0.3 is 29.6 Å². The molecule has 0 amide bonds. The summed E-state index contributed by atoms with van der Waals surface area (Å²) in [6.45, 7) is 0.0811. The Kier molecular flexibility index (Phi) is 7.23. The summed E-state index contributed by atoms with van der Waals surface area (Å²) >= 11 is 0. The van der Waals surface area contributed by atoms with Crippen molar-refractivity contribution < 1.29 is 56.5 Å². The first-order chi connectivity index (χ1) is 13.1. The summed E-state index contributed by atoms with van der Waals surface area (Å²) in [5, 5.41) is 20.6. The number of aliphatic hydroxyl groups excluding tert-OH is 1. The Morgan fingerprint density at radius 3 is 2.52 bits per heavy atom. The molecule has 0 radical (unpaired) electrons. The molecular formula is C10H17N2O14P3. The molecule has 1 aliphatic heterocycles. The van der Waals surface area contributed by atoms with Gasteiger partial charge < -0.3 is 29.6 Å². The highest BCUT2D eigenvalue weighted by Crippen LogP contribution is 2.63. The summed E-state index contributed by atoms with van der Waals surface area (Å²) in [7, 11) is -14.8. The van der Waals surface area contributed by atoms with E-state index >= 15 is 0 Å². The number of phosphoric ester groups is 1. The van der Waals surface area contributed by atoms with E-state index in [4.69, 9.17) is 14.5 Å². The zero-order chi connectivity index (χ0) is 22.2. The predicted octanol–water partition coefficient (Wildman–Crippen LogP) is -1.82. The summed E-state index contributed by atoms with van der Waals surface area (Å²) in [4.78, 5) is 51.8.